The van der Waals surface area contributed by atoms with Crippen molar-refractivity contribution in [2.24, 2.45) is 5.73 Å². The zero-order valence-corrected chi connectivity index (χ0v) is 15.3. The first-order valence-electron chi connectivity index (χ1n) is 8.23. The number of hydrogen-bond acceptors (Lipinski definition) is 6. The number of nitrogens with two attached hydrogens (primary N) is 1. The van der Waals surface area contributed by atoms with Crippen molar-refractivity contribution < 1.29 is 17.9 Å². The molecule has 1 unspecified atom stereocenters. The van der Waals surface area contributed by atoms with Crippen LogP contribution in [0.1, 0.15) is 17.0 Å². The molecule has 0 radical (unpaired) electrons. The van der Waals surface area contributed by atoms with Gasteiger partial charge in [0.25, 0.3) is 0 Å². The molecule has 0 bridgehead atoms. The molecule has 2 aliphatic rings. The maximum Gasteiger partial charge on any atom is 0.205 e. The lowest BCUT2D eigenvalue weighted by Gasteiger charge is -2.32. The van der Waals surface area contributed by atoms with Gasteiger partial charge in [0.2, 0.25) is 5.88 Å². The van der Waals surface area contributed by atoms with E-state index in [1.807, 2.05) is 0 Å². The minimum atomic E-state index is -3.55. The number of fused-ring (bicyclic) bond motifs is 2. The Morgan fingerprint density at radius 3 is 2.56 bits per heavy atom. The lowest BCUT2D eigenvalue weighted by molar-refractivity contribution is 0.353. The SMILES string of the molecule is COc1ccc(C2C(C#N)=C(N)OC3=C2CS(=O)(=O)c2ccccc23)cc1. The Balaban J connectivity index is 1.96. The molecule has 7 heteroatoms. The number of allylic oxidation sites excluding steroid dienone is 1. The van der Waals surface area contributed by atoms with E-state index in [4.69, 9.17) is 15.2 Å². The van der Waals surface area contributed by atoms with Gasteiger partial charge in [0.15, 0.2) is 9.84 Å². The molecule has 0 aliphatic carbocycles. The molecule has 0 fully saturated rings. The Kier molecular flexibility index (Phi) is 3.93. The number of methoxy groups -OCH3 is 1. The number of nitrogens with zero attached hydrogens (tertiary/aromatic N) is 1. The van der Waals surface area contributed by atoms with Crippen LogP contribution in [0.4, 0.5) is 0 Å². The Hall–Kier alpha value is -3.24. The van der Waals surface area contributed by atoms with E-state index in [0.717, 1.165) is 5.56 Å². The van der Waals surface area contributed by atoms with Crippen LogP contribution in [0, 0.1) is 11.3 Å². The van der Waals surface area contributed by atoms with Crippen LogP contribution < -0.4 is 10.5 Å². The van der Waals surface area contributed by atoms with Crippen molar-refractivity contribution in [3.05, 3.63) is 76.7 Å². The van der Waals surface area contributed by atoms with Gasteiger partial charge in [-0.25, -0.2) is 8.42 Å². The lowest BCUT2D eigenvalue weighted by Crippen LogP contribution is -2.28. The molecule has 27 heavy (non-hydrogen) atoms. The average Bonchev–Trinajstić information content (AvgIpc) is 2.68. The summed E-state index contributed by atoms with van der Waals surface area (Å²) in [5.74, 6) is 0.253. The number of nitriles is 1. The van der Waals surface area contributed by atoms with Gasteiger partial charge < -0.3 is 15.2 Å². The Morgan fingerprint density at radius 1 is 1.19 bits per heavy atom. The number of ether oxygens (including phenoxy) is 2. The quantitative estimate of drug-likeness (QED) is 0.859. The molecule has 2 heterocycles. The Bertz CT molecular complexity index is 1140. The second-order valence-corrected chi connectivity index (χ2v) is 8.27. The summed E-state index contributed by atoms with van der Waals surface area (Å²) in [6.45, 7) is 0. The topological polar surface area (TPSA) is 102 Å². The highest BCUT2D eigenvalue weighted by molar-refractivity contribution is 7.91. The van der Waals surface area contributed by atoms with Crippen molar-refractivity contribution in [3.63, 3.8) is 0 Å². The van der Waals surface area contributed by atoms with Gasteiger partial charge in [-0.15, -0.1) is 0 Å². The summed E-state index contributed by atoms with van der Waals surface area (Å²) >= 11 is 0. The van der Waals surface area contributed by atoms with Crippen LogP contribution in [-0.2, 0) is 14.6 Å². The summed E-state index contributed by atoms with van der Waals surface area (Å²) in [4.78, 5) is 0.213. The molecule has 0 saturated heterocycles. The van der Waals surface area contributed by atoms with E-state index in [1.54, 1.807) is 55.6 Å². The van der Waals surface area contributed by atoms with E-state index in [9.17, 15) is 13.7 Å². The highest BCUT2D eigenvalue weighted by Crippen LogP contribution is 2.47. The van der Waals surface area contributed by atoms with Crippen LogP contribution in [0.5, 0.6) is 5.75 Å². The maximum absolute atomic E-state index is 12.8. The third kappa shape index (κ3) is 2.66. The molecular weight excluding hydrogens is 364 g/mol. The van der Waals surface area contributed by atoms with E-state index in [0.29, 0.717) is 22.6 Å². The number of hydrogen-bond donors (Lipinski definition) is 1. The summed E-state index contributed by atoms with van der Waals surface area (Å²) in [5.41, 5.74) is 7.97. The van der Waals surface area contributed by atoms with E-state index < -0.39 is 15.8 Å². The normalized spacial score (nSPS) is 20.2. The van der Waals surface area contributed by atoms with Gasteiger partial charge in [-0.3, -0.25) is 0 Å². The number of rotatable bonds is 2. The molecule has 4 rings (SSSR count). The Labute approximate surface area is 157 Å². The minimum Gasteiger partial charge on any atom is -0.497 e. The van der Waals surface area contributed by atoms with Gasteiger partial charge in [-0.1, -0.05) is 24.3 Å². The largest absolute Gasteiger partial charge is 0.497 e. The molecule has 2 N–H and O–H groups in total. The van der Waals surface area contributed by atoms with Gasteiger partial charge in [-0.05, 0) is 29.8 Å². The zero-order valence-electron chi connectivity index (χ0n) is 14.5. The average molecular weight is 380 g/mol. The van der Waals surface area contributed by atoms with E-state index in [-0.39, 0.29) is 22.1 Å². The highest BCUT2D eigenvalue weighted by Gasteiger charge is 2.40. The first-order chi connectivity index (χ1) is 13.0. The molecule has 2 aromatic rings. The van der Waals surface area contributed by atoms with Crippen LogP contribution in [0.15, 0.2) is 70.5 Å². The fourth-order valence-corrected chi connectivity index (χ4v) is 5.19. The standard InChI is InChI=1S/C20H16N2O4S/c1-25-13-8-6-12(7-9-13)18-15(10-21)20(22)26-19-14-4-2-3-5-17(14)27(23,24)11-16(18)19/h2-9,18H,11,22H2,1H3. The molecule has 0 amide bonds. The third-order valence-corrected chi connectivity index (χ3v) is 6.51. The maximum atomic E-state index is 12.8. The van der Waals surface area contributed by atoms with E-state index in [1.165, 1.54) is 0 Å². The molecule has 2 aromatic carbocycles. The van der Waals surface area contributed by atoms with Crippen LogP contribution in [0.2, 0.25) is 0 Å². The van der Waals surface area contributed by atoms with Crippen LogP contribution in [0.3, 0.4) is 0 Å². The van der Waals surface area contributed by atoms with Crippen molar-refractivity contribution in [2.75, 3.05) is 12.9 Å². The summed E-state index contributed by atoms with van der Waals surface area (Å²) < 4.78 is 36.6. The van der Waals surface area contributed by atoms with Gasteiger partial charge in [-0.2, -0.15) is 5.26 Å². The molecule has 2 aliphatic heterocycles. The molecule has 136 valence electrons. The van der Waals surface area contributed by atoms with Crippen LogP contribution >= 0.6 is 0 Å². The molecule has 0 spiro atoms. The molecule has 1 atom stereocenters. The number of benzene rings is 2. The first-order valence-corrected chi connectivity index (χ1v) is 9.88. The van der Waals surface area contributed by atoms with Gasteiger partial charge in [0, 0.05) is 11.1 Å². The zero-order chi connectivity index (χ0) is 19.2. The summed E-state index contributed by atoms with van der Waals surface area (Å²) in [6, 6.07) is 15.9. The van der Waals surface area contributed by atoms with Crippen molar-refractivity contribution in [2.45, 2.75) is 10.8 Å². The smallest absolute Gasteiger partial charge is 0.205 e. The van der Waals surface area contributed by atoms with E-state index >= 15 is 0 Å². The number of sulfone groups is 1. The molecule has 0 saturated carbocycles. The monoisotopic (exact) mass is 380 g/mol. The Morgan fingerprint density at radius 2 is 1.89 bits per heavy atom. The lowest BCUT2D eigenvalue weighted by atomic mass is 9.82. The van der Waals surface area contributed by atoms with Crippen molar-refractivity contribution in [3.8, 4) is 11.8 Å². The summed E-state index contributed by atoms with van der Waals surface area (Å²) in [6.07, 6.45) is 0. The minimum absolute atomic E-state index is 0.00818. The predicted molar refractivity (Wildman–Crippen MR) is 99.1 cm³/mol. The summed E-state index contributed by atoms with van der Waals surface area (Å²) in [5, 5.41) is 9.64. The molecule has 0 aromatic heterocycles. The molecular formula is C20H16N2O4S. The first kappa shape index (κ1) is 17.2. The van der Waals surface area contributed by atoms with Crippen molar-refractivity contribution >= 4 is 15.6 Å². The van der Waals surface area contributed by atoms with Crippen molar-refractivity contribution in [1.29, 1.82) is 5.26 Å². The van der Waals surface area contributed by atoms with E-state index in [2.05, 4.69) is 6.07 Å². The third-order valence-electron chi connectivity index (χ3n) is 4.79. The van der Waals surface area contributed by atoms with Gasteiger partial charge in [0.1, 0.15) is 23.2 Å². The molecule has 6 nitrogen and oxygen atoms in total. The predicted octanol–water partition coefficient (Wildman–Crippen LogP) is 2.70. The fraction of sp³-hybridized carbons (Fsp3) is 0.150. The highest BCUT2D eigenvalue weighted by atomic mass is 32.2. The van der Waals surface area contributed by atoms with Crippen LogP contribution in [-0.4, -0.2) is 21.3 Å². The van der Waals surface area contributed by atoms with Crippen molar-refractivity contribution in [1.82, 2.24) is 0 Å². The second kappa shape index (κ2) is 6.18. The summed E-state index contributed by atoms with van der Waals surface area (Å²) in [7, 11) is -1.99. The fourth-order valence-electron chi connectivity index (χ4n) is 3.55. The van der Waals surface area contributed by atoms with Gasteiger partial charge in [0.05, 0.1) is 23.7 Å². The second-order valence-electron chi connectivity index (χ2n) is 6.31. The van der Waals surface area contributed by atoms with Gasteiger partial charge >= 0.3 is 0 Å². The van der Waals surface area contributed by atoms with Crippen LogP contribution in [0.25, 0.3) is 5.76 Å².